The van der Waals surface area contributed by atoms with Gasteiger partial charge in [0.2, 0.25) is 0 Å². The fourth-order valence-electron chi connectivity index (χ4n) is 2.16. The summed E-state index contributed by atoms with van der Waals surface area (Å²) in [5.41, 5.74) is 2.64. The van der Waals surface area contributed by atoms with Crippen LogP contribution in [0.4, 0.5) is 5.69 Å². The molecule has 3 rings (SSSR count). The molecular weight excluding hydrogens is 330 g/mol. The van der Waals surface area contributed by atoms with Gasteiger partial charge in [0.15, 0.2) is 0 Å². The summed E-state index contributed by atoms with van der Waals surface area (Å²) in [6, 6.07) is 12.6. The van der Waals surface area contributed by atoms with Crippen LogP contribution in [0.25, 0.3) is 10.4 Å². The highest BCUT2D eigenvalue weighted by Crippen LogP contribution is 2.32. The van der Waals surface area contributed by atoms with Gasteiger partial charge >= 0.3 is 5.97 Å². The summed E-state index contributed by atoms with van der Waals surface area (Å²) >= 11 is 2.61. The molecular formula is C17H13NO3S2. The van der Waals surface area contributed by atoms with Crippen LogP contribution >= 0.6 is 22.7 Å². The average Bonchev–Trinajstić information content (AvgIpc) is 3.20. The number of anilines is 1. The van der Waals surface area contributed by atoms with E-state index in [0.29, 0.717) is 15.4 Å². The van der Waals surface area contributed by atoms with Crippen molar-refractivity contribution in [3.63, 3.8) is 0 Å². The number of amides is 1. The summed E-state index contributed by atoms with van der Waals surface area (Å²) in [6.45, 7) is 1.96. The van der Waals surface area contributed by atoms with Crippen LogP contribution < -0.4 is 5.32 Å². The first kappa shape index (κ1) is 15.5. The molecule has 0 aliphatic carbocycles. The van der Waals surface area contributed by atoms with Gasteiger partial charge in [0.25, 0.3) is 5.91 Å². The first-order valence-electron chi connectivity index (χ1n) is 6.83. The van der Waals surface area contributed by atoms with Crippen LogP contribution in [0.3, 0.4) is 0 Å². The molecule has 0 unspecified atom stereocenters. The highest BCUT2D eigenvalue weighted by atomic mass is 32.1. The van der Waals surface area contributed by atoms with Gasteiger partial charge in [-0.25, -0.2) is 4.79 Å². The molecule has 0 saturated carbocycles. The summed E-state index contributed by atoms with van der Waals surface area (Å²) in [5, 5.41) is 13.8. The maximum absolute atomic E-state index is 12.1. The van der Waals surface area contributed by atoms with Gasteiger partial charge < -0.3 is 10.4 Å². The van der Waals surface area contributed by atoms with Gasteiger partial charge in [0.05, 0.1) is 4.88 Å². The highest BCUT2D eigenvalue weighted by molar-refractivity contribution is 7.17. The van der Waals surface area contributed by atoms with Crippen LogP contribution in [0.15, 0.2) is 47.8 Å². The Bertz CT molecular complexity index is 866. The Balaban J connectivity index is 1.89. The van der Waals surface area contributed by atoms with Crippen LogP contribution in [0.5, 0.6) is 0 Å². The minimum absolute atomic E-state index is 0.146. The summed E-state index contributed by atoms with van der Waals surface area (Å²) < 4.78 is 0. The zero-order valence-electron chi connectivity index (χ0n) is 12.2. The number of carbonyl (C=O) groups is 2. The molecule has 0 spiro atoms. The van der Waals surface area contributed by atoms with E-state index in [1.54, 1.807) is 18.2 Å². The Morgan fingerprint density at radius 1 is 1.09 bits per heavy atom. The summed E-state index contributed by atoms with van der Waals surface area (Å²) in [7, 11) is 0. The van der Waals surface area contributed by atoms with E-state index < -0.39 is 5.97 Å². The van der Waals surface area contributed by atoms with Crippen LogP contribution in [0.1, 0.15) is 24.9 Å². The third-order valence-corrected chi connectivity index (χ3v) is 5.30. The van der Waals surface area contributed by atoms with Crippen molar-refractivity contribution in [2.45, 2.75) is 6.92 Å². The third-order valence-electron chi connectivity index (χ3n) is 3.32. The SMILES string of the molecule is Cc1ccc(NC(=O)c2cccs2)cc1-c1ccc(C(=O)O)s1. The minimum atomic E-state index is -0.930. The number of thiophene rings is 2. The van der Waals surface area contributed by atoms with Crippen LogP contribution in [0, 0.1) is 6.92 Å². The molecule has 1 amide bonds. The molecule has 0 atom stereocenters. The topological polar surface area (TPSA) is 66.4 Å². The van der Waals surface area contributed by atoms with Crippen molar-refractivity contribution in [3.8, 4) is 10.4 Å². The summed E-state index contributed by atoms with van der Waals surface area (Å²) in [6.07, 6.45) is 0. The Morgan fingerprint density at radius 3 is 2.57 bits per heavy atom. The van der Waals surface area contributed by atoms with E-state index in [1.807, 2.05) is 36.6 Å². The fourth-order valence-corrected chi connectivity index (χ4v) is 3.71. The molecule has 2 aromatic heterocycles. The lowest BCUT2D eigenvalue weighted by atomic mass is 10.1. The largest absolute Gasteiger partial charge is 0.477 e. The van der Waals surface area contributed by atoms with E-state index in [0.717, 1.165) is 16.0 Å². The molecule has 3 aromatic rings. The standard InChI is InChI=1S/C17H13NO3S2/c1-10-4-5-11(18-16(19)14-3-2-8-22-14)9-12(10)13-6-7-15(23-13)17(20)21/h2-9H,1H3,(H,18,19)(H,20,21). The highest BCUT2D eigenvalue weighted by Gasteiger charge is 2.12. The molecule has 0 aliphatic rings. The van der Waals surface area contributed by atoms with E-state index in [1.165, 1.54) is 22.7 Å². The van der Waals surface area contributed by atoms with E-state index >= 15 is 0 Å². The number of aryl methyl sites for hydroxylation is 1. The molecule has 0 bridgehead atoms. The molecule has 4 nitrogen and oxygen atoms in total. The van der Waals surface area contributed by atoms with Crippen LogP contribution in [-0.4, -0.2) is 17.0 Å². The minimum Gasteiger partial charge on any atom is -0.477 e. The third kappa shape index (κ3) is 3.33. The molecule has 23 heavy (non-hydrogen) atoms. The Hall–Kier alpha value is -2.44. The number of hydrogen-bond acceptors (Lipinski definition) is 4. The van der Waals surface area contributed by atoms with Crippen molar-refractivity contribution in [2.24, 2.45) is 0 Å². The Labute approximate surface area is 141 Å². The zero-order chi connectivity index (χ0) is 16.4. The predicted octanol–water partition coefficient (Wildman–Crippen LogP) is 4.74. The van der Waals surface area contributed by atoms with Gasteiger partial charge in [-0.2, -0.15) is 0 Å². The van der Waals surface area contributed by atoms with Crippen LogP contribution in [-0.2, 0) is 0 Å². The van der Waals surface area contributed by atoms with Gasteiger partial charge in [0, 0.05) is 10.6 Å². The Kier molecular flexibility index (Phi) is 4.27. The maximum atomic E-state index is 12.1. The Morgan fingerprint density at radius 2 is 1.91 bits per heavy atom. The molecule has 0 fully saturated rings. The second-order valence-corrected chi connectivity index (χ2v) is 6.96. The number of nitrogens with one attached hydrogen (secondary N) is 1. The predicted molar refractivity (Wildman–Crippen MR) is 93.7 cm³/mol. The van der Waals surface area contributed by atoms with E-state index in [-0.39, 0.29) is 5.91 Å². The van der Waals surface area contributed by atoms with Crippen molar-refractivity contribution < 1.29 is 14.7 Å². The number of hydrogen-bond donors (Lipinski definition) is 2. The van der Waals surface area contributed by atoms with Gasteiger partial charge in [-0.15, -0.1) is 22.7 Å². The quantitative estimate of drug-likeness (QED) is 0.719. The van der Waals surface area contributed by atoms with Crippen molar-refractivity contribution in [1.82, 2.24) is 0 Å². The molecule has 2 N–H and O–H groups in total. The number of aromatic carboxylic acids is 1. The molecule has 0 saturated heterocycles. The van der Waals surface area contributed by atoms with Gasteiger partial charge in [-0.1, -0.05) is 12.1 Å². The van der Waals surface area contributed by atoms with E-state index in [9.17, 15) is 9.59 Å². The second-order valence-electron chi connectivity index (χ2n) is 4.93. The molecule has 0 radical (unpaired) electrons. The van der Waals surface area contributed by atoms with E-state index in [4.69, 9.17) is 5.11 Å². The number of benzene rings is 1. The monoisotopic (exact) mass is 343 g/mol. The van der Waals surface area contributed by atoms with Crippen molar-refractivity contribution in [3.05, 3.63) is 63.2 Å². The van der Waals surface area contributed by atoms with Crippen molar-refractivity contribution >= 4 is 40.2 Å². The van der Waals surface area contributed by atoms with Gasteiger partial charge in [0.1, 0.15) is 4.88 Å². The molecule has 1 aromatic carbocycles. The second kappa shape index (κ2) is 6.36. The lowest BCUT2D eigenvalue weighted by Crippen LogP contribution is -2.10. The van der Waals surface area contributed by atoms with Crippen molar-refractivity contribution in [1.29, 1.82) is 0 Å². The average molecular weight is 343 g/mol. The summed E-state index contributed by atoms with van der Waals surface area (Å²) in [4.78, 5) is 25.0. The summed E-state index contributed by atoms with van der Waals surface area (Å²) in [5.74, 6) is -1.08. The van der Waals surface area contributed by atoms with Gasteiger partial charge in [-0.3, -0.25) is 4.79 Å². The lowest BCUT2D eigenvalue weighted by Gasteiger charge is -2.08. The number of carboxylic acid groups (broad SMARTS) is 1. The number of rotatable bonds is 4. The molecule has 6 heteroatoms. The number of carboxylic acids is 1. The van der Waals surface area contributed by atoms with E-state index in [2.05, 4.69) is 5.32 Å². The molecule has 116 valence electrons. The first-order chi connectivity index (χ1) is 11.0. The zero-order valence-corrected chi connectivity index (χ0v) is 13.8. The van der Waals surface area contributed by atoms with Gasteiger partial charge in [-0.05, 0) is 53.8 Å². The van der Waals surface area contributed by atoms with Crippen LogP contribution in [0.2, 0.25) is 0 Å². The molecule has 2 heterocycles. The number of carbonyl (C=O) groups excluding carboxylic acids is 1. The maximum Gasteiger partial charge on any atom is 0.345 e. The van der Waals surface area contributed by atoms with Crippen molar-refractivity contribution in [2.75, 3.05) is 5.32 Å². The lowest BCUT2D eigenvalue weighted by molar-refractivity contribution is 0.0702. The molecule has 0 aliphatic heterocycles. The smallest absolute Gasteiger partial charge is 0.345 e. The fraction of sp³-hybridized carbons (Fsp3) is 0.0588. The normalized spacial score (nSPS) is 10.5. The first-order valence-corrected chi connectivity index (χ1v) is 8.53.